The largest absolute Gasteiger partial charge is 0.344 e. The number of hydrogen-bond donors (Lipinski definition) is 0. The van der Waals surface area contributed by atoms with Crippen LogP contribution in [0.15, 0.2) is 12.1 Å². The molecule has 1 aromatic heterocycles. The van der Waals surface area contributed by atoms with Crippen molar-refractivity contribution in [3.8, 4) is 0 Å². The van der Waals surface area contributed by atoms with Crippen molar-refractivity contribution in [3.05, 3.63) is 23.5 Å². The van der Waals surface area contributed by atoms with Crippen LogP contribution < -0.4 is 0 Å². The second-order valence-electron chi connectivity index (χ2n) is 7.48. The molecule has 0 N–H and O–H groups in total. The number of hydrogen-bond acceptors (Lipinski definition) is 2. The van der Waals surface area contributed by atoms with Gasteiger partial charge in [0.05, 0.1) is 0 Å². The van der Waals surface area contributed by atoms with Crippen molar-refractivity contribution < 1.29 is 4.79 Å². The minimum atomic E-state index is 0.236. The first-order valence-electron chi connectivity index (χ1n) is 9.17. The quantitative estimate of drug-likeness (QED) is 0.854. The van der Waals surface area contributed by atoms with Gasteiger partial charge < -0.3 is 14.4 Å². The second-order valence-corrected chi connectivity index (χ2v) is 7.48. The van der Waals surface area contributed by atoms with Crippen LogP contribution in [0.3, 0.4) is 0 Å². The Hall–Kier alpha value is -1.29. The molecule has 0 aliphatic carbocycles. The third-order valence-corrected chi connectivity index (χ3v) is 5.87. The van der Waals surface area contributed by atoms with E-state index in [4.69, 9.17) is 0 Å². The molecule has 2 atom stereocenters. The molecule has 2 aliphatic heterocycles. The van der Waals surface area contributed by atoms with Crippen LogP contribution in [0.4, 0.5) is 0 Å². The molecule has 1 aromatic rings. The molecular formula is C19H31N3O. The summed E-state index contributed by atoms with van der Waals surface area (Å²) < 4.78 is 2.12. The molecule has 0 bridgehead atoms. The molecule has 23 heavy (non-hydrogen) atoms. The van der Waals surface area contributed by atoms with Gasteiger partial charge >= 0.3 is 0 Å². The van der Waals surface area contributed by atoms with Crippen molar-refractivity contribution in [1.29, 1.82) is 0 Å². The number of carbonyl (C=O) groups excluding carboxylic acids is 1. The summed E-state index contributed by atoms with van der Waals surface area (Å²) in [5.41, 5.74) is 2.33. The van der Waals surface area contributed by atoms with Gasteiger partial charge in [-0.2, -0.15) is 0 Å². The average molecular weight is 317 g/mol. The lowest BCUT2D eigenvalue weighted by atomic mass is 9.83. The fourth-order valence-corrected chi connectivity index (χ4v) is 4.45. The lowest BCUT2D eigenvalue weighted by molar-refractivity contribution is -0.131. The first-order chi connectivity index (χ1) is 11.1. The summed E-state index contributed by atoms with van der Waals surface area (Å²) in [6.45, 7) is 8.06. The number of nitrogens with zero attached hydrogens (tertiary/aromatic N) is 3. The molecule has 0 spiro atoms. The standard InChI is InChI=1S/C19H31N3O/c1-15-9-10-16(2)22(15)14-19(23)20(3)13-17-7-6-12-21-11-5-4-8-18(17)21/h9-10,17-18H,4-8,11-14H2,1-3H3/t17-,18-/m0/s1. The number of rotatable bonds is 4. The van der Waals surface area contributed by atoms with E-state index >= 15 is 0 Å². The number of carbonyl (C=O) groups is 1. The van der Waals surface area contributed by atoms with Crippen molar-refractivity contribution >= 4 is 5.91 Å². The highest BCUT2D eigenvalue weighted by Gasteiger charge is 2.34. The van der Waals surface area contributed by atoms with Crippen LogP contribution in [-0.2, 0) is 11.3 Å². The Morgan fingerprint density at radius 1 is 1.13 bits per heavy atom. The normalized spacial score (nSPS) is 25.2. The van der Waals surface area contributed by atoms with Crippen LogP contribution in [0.1, 0.15) is 43.5 Å². The van der Waals surface area contributed by atoms with E-state index < -0.39 is 0 Å². The molecule has 0 unspecified atom stereocenters. The molecule has 128 valence electrons. The third-order valence-electron chi connectivity index (χ3n) is 5.87. The molecule has 2 saturated heterocycles. The van der Waals surface area contributed by atoms with Crippen LogP contribution in [0.5, 0.6) is 0 Å². The number of aryl methyl sites for hydroxylation is 2. The van der Waals surface area contributed by atoms with Crippen molar-refractivity contribution in [2.75, 3.05) is 26.7 Å². The lowest BCUT2D eigenvalue weighted by Gasteiger charge is -2.45. The fraction of sp³-hybridized carbons (Fsp3) is 0.737. The van der Waals surface area contributed by atoms with E-state index in [2.05, 4.69) is 35.4 Å². The highest BCUT2D eigenvalue weighted by atomic mass is 16.2. The molecule has 3 rings (SSSR count). The highest BCUT2D eigenvalue weighted by Crippen LogP contribution is 2.31. The predicted molar refractivity (Wildman–Crippen MR) is 93.5 cm³/mol. The predicted octanol–water partition coefficient (Wildman–Crippen LogP) is 2.83. The third kappa shape index (κ3) is 3.63. The zero-order chi connectivity index (χ0) is 16.4. The Bertz CT molecular complexity index is 529. The molecule has 0 aromatic carbocycles. The minimum Gasteiger partial charge on any atom is -0.344 e. The smallest absolute Gasteiger partial charge is 0.242 e. The number of piperidine rings is 2. The van der Waals surface area contributed by atoms with Gasteiger partial charge in [-0.25, -0.2) is 0 Å². The summed E-state index contributed by atoms with van der Waals surface area (Å²) >= 11 is 0. The van der Waals surface area contributed by atoms with Gasteiger partial charge in [0.1, 0.15) is 6.54 Å². The monoisotopic (exact) mass is 317 g/mol. The van der Waals surface area contributed by atoms with Crippen LogP contribution in [0, 0.1) is 19.8 Å². The Morgan fingerprint density at radius 2 is 1.83 bits per heavy atom. The van der Waals surface area contributed by atoms with Crippen molar-refractivity contribution in [1.82, 2.24) is 14.4 Å². The number of amides is 1. The lowest BCUT2D eigenvalue weighted by Crippen LogP contribution is -2.51. The van der Waals surface area contributed by atoms with E-state index in [9.17, 15) is 4.79 Å². The summed E-state index contributed by atoms with van der Waals surface area (Å²) in [4.78, 5) is 17.3. The maximum absolute atomic E-state index is 12.6. The zero-order valence-corrected chi connectivity index (χ0v) is 14.9. The van der Waals surface area contributed by atoms with Crippen molar-refractivity contribution in [2.24, 2.45) is 5.92 Å². The van der Waals surface area contributed by atoms with Crippen molar-refractivity contribution in [3.63, 3.8) is 0 Å². The van der Waals surface area contributed by atoms with E-state index in [1.807, 2.05) is 11.9 Å². The van der Waals surface area contributed by atoms with E-state index in [0.29, 0.717) is 18.5 Å². The van der Waals surface area contributed by atoms with Crippen LogP contribution in [-0.4, -0.2) is 53.0 Å². The van der Waals surface area contributed by atoms with E-state index in [1.165, 1.54) is 56.6 Å². The summed E-state index contributed by atoms with van der Waals surface area (Å²) in [6.07, 6.45) is 6.60. The van der Waals surface area contributed by atoms with Crippen LogP contribution >= 0.6 is 0 Å². The highest BCUT2D eigenvalue weighted by molar-refractivity contribution is 5.76. The molecule has 0 saturated carbocycles. The molecule has 2 fully saturated rings. The summed E-state index contributed by atoms with van der Waals surface area (Å²) in [7, 11) is 1.98. The maximum Gasteiger partial charge on any atom is 0.242 e. The molecule has 1 amide bonds. The molecule has 2 aliphatic rings. The van der Waals surface area contributed by atoms with Gasteiger partial charge in [-0.1, -0.05) is 6.42 Å². The average Bonchev–Trinajstić information content (AvgIpc) is 2.87. The SMILES string of the molecule is Cc1ccc(C)n1CC(=O)N(C)C[C@@H]1CCCN2CCCC[C@@H]12. The number of likely N-dealkylation sites (N-methyl/N-ethyl adjacent to an activating group) is 1. The van der Waals surface area contributed by atoms with E-state index in [-0.39, 0.29) is 5.91 Å². The fourth-order valence-electron chi connectivity index (χ4n) is 4.45. The van der Waals surface area contributed by atoms with Crippen LogP contribution in [0.25, 0.3) is 0 Å². The van der Waals surface area contributed by atoms with Gasteiger partial charge in [-0.15, -0.1) is 0 Å². The summed E-state index contributed by atoms with van der Waals surface area (Å²) in [6, 6.07) is 4.88. The number of fused-ring (bicyclic) bond motifs is 1. The Balaban J connectivity index is 1.59. The summed E-state index contributed by atoms with van der Waals surface area (Å²) in [5, 5.41) is 0. The van der Waals surface area contributed by atoms with Gasteiger partial charge in [-0.3, -0.25) is 4.79 Å². The van der Waals surface area contributed by atoms with Gasteiger partial charge in [0.15, 0.2) is 0 Å². The zero-order valence-electron chi connectivity index (χ0n) is 14.9. The van der Waals surface area contributed by atoms with Crippen molar-refractivity contribution in [2.45, 2.75) is 58.5 Å². The van der Waals surface area contributed by atoms with E-state index in [0.717, 1.165) is 6.54 Å². The van der Waals surface area contributed by atoms with E-state index in [1.54, 1.807) is 0 Å². The topological polar surface area (TPSA) is 28.5 Å². The van der Waals surface area contributed by atoms with Crippen LogP contribution in [0.2, 0.25) is 0 Å². The van der Waals surface area contributed by atoms with Gasteiger partial charge in [0.25, 0.3) is 0 Å². The minimum absolute atomic E-state index is 0.236. The Labute approximate surface area is 140 Å². The van der Waals surface area contributed by atoms with Gasteiger partial charge in [-0.05, 0) is 70.7 Å². The van der Waals surface area contributed by atoms with Gasteiger partial charge in [0.2, 0.25) is 5.91 Å². The molecule has 4 nitrogen and oxygen atoms in total. The maximum atomic E-state index is 12.6. The number of aromatic nitrogens is 1. The Morgan fingerprint density at radius 3 is 2.57 bits per heavy atom. The first kappa shape index (κ1) is 16.6. The molecule has 0 radical (unpaired) electrons. The first-order valence-corrected chi connectivity index (χ1v) is 9.17. The molecular weight excluding hydrogens is 286 g/mol. The van der Waals surface area contributed by atoms with Gasteiger partial charge in [0, 0.05) is 31.0 Å². The second kappa shape index (κ2) is 7.08. The Kier molecular flexibility index (Phi) is 5.10. The summed E-state index contributed by atoms with van der Waals surface area (Å²) in [5.74, 6) is 0.894. The molecule has 3 heterocycles. The molecule has 4 heteroatoms.